The van der Waals surface area contributed by atoms with Crippen LogP contribution in [0.15, 0.2) is 22.7 Å². The Morgan fingerprint density at radius 3 is 2.68 bits per heavy atom. The third-order valence-electron chi connectivity index (χ3n) is 2.80. The fourth-order valence-corrected chi connectivity index (χ4v) is 2.11. The molecule has 0 aliphatic carbocycles. The lowest BCUT2D eigenvalue weighted by Crippen LogP contribution is -2.25. The maximum atomic E-state index is 6.11. The first-order valence-corrected chi connectivity index (χ1v) is 7.11. The number of nitrogens with two attached hydrogens (primary N) is 1. The zero-order valence-corrected chi connectivity index (χ0v) is 13.1. The summed E-state index contributed by atoms with van der Waals surface area (Å²) in [6, 6.07) is 5.99. The molecular formula is C14H22BrNO3. The van der Waals surface area contributed by atoms with Gasteiger partial charge in [-0.15, -0.1) is 0 Å². The maximum absolute atomic E-state index is 6.11. The summed E-state index contributed by atoms with van der Waals surface area (Å²) in [5.41, 5.74) is 7.26. The molecule has 0 amide bonds. The lowest BCUT2D eigenvalue weighted by atomic mass is 10.0. The maximum Gasteiger partial charge on any atom is 0.119 e. The lowest BCUT2D eigenvalue weighted by molar-refractivity contribution is 0.0672. The van der Waals surface area contributed by atoms with Crippen molar-refractivity contribution >= 4 is 15.9 Å². The topological polar surface area (TPSA) is 53.7 Å². The second-order valence-corrected chi connectivity index (χ2v) is 5.17. The molecule has 2 N–H and O–H groups in total. The summed E-state index contributed by atoms with van der Waals surface area (Å²) in [5, 5.41) is 0. The summed E-state index contributed by atoms with van der Waals surface area (Å²) in [6.45, 7) is 1.90. The first kappa shape index (κ1) is 16.4. The molecule has 0 heterocycles. The highest BCUT2D eigenvalue weighted by Gasteiger charge is 2.08. The van der Waals surface area contributed by atoms with Crippen LogP contribution in [0.2, 0.25) is 0 Å². The van der Waals surface area contributed by atoms with Gasteiger partial charge < -0.3 is 19.9 Å². The van der Waals surface area contributed by atoms with Crippen LogP contribution in [-0.4, -0.2) is 40.1 Å². The summed E-state index contributed by atoms with van der Waals surface area (Å²) >= 11 is 3.53. The molecule has 1 unspecified atom stereocenters. The van der Waals surface area contributed by atoms with Gasteiger partial charge in [0.05, 0.1) is 20.3 Å². The first-order valence-electron chi connectivity index (χ1n) is 6.32. The van der Waals surface area contributed by atoms with Crippen LogP contribution in [-0.2, 0) is 15.9 Å². The van der Waals surface area contributed by atoms with Gasteiger partial charge in [0.2, 0.25) is 0 Å². The first-order chi connectivity index (χ1) is 9.17. The van der Waals surface area contributed by atoms with Crippen molar-refractivity contribution < 1.29 is 14.2 Å². The summed E-state index contributed by atoms with van der Waals surface area (Å²) < 4.78 is 16.6. The standard InChI is InChI=1S/C14H22BrNO3/c1-17-7-8-19-6-5-12(16)9-11-10-13(18-2)3-4-14(11)15/h3-4,10,12H,5-9,16H2,1-2H3. The molecule has 0 fully saturated rings. The minimum atomic E-state index is 0.0750. The Bertz CT molecular complexity index is 374. The van der Waals surface area contributed by atoms with Gasteiger partial charge in [0, 0.05) is 24.2 Å². The van der Waals surface area contributed by atoms with Gasteiger partial charge in [0.1, 0.15) is 5.75 Å². The van der Waals surface area contributed by atoms with E-state index in [0.717, 1.165) is 28.6 Å². The van der Waals surface area contributed by atoms with Crippen molar-refractivity contribution in [3.63, 3.8) is 0 Å². The van der Waals surface area contributed by atoms with E-state index in [0.29, 0.717) is 19.8 Å². The summed E-state index contributed by atoms with van der Waals surface area (Å²) in [6.07, 6.45) is 1.62. The second-order valence-electron chi connectivity index (χ2n) is 4.32. The highest BCUT2D eigenvalue weighted by atomic mass is 79.9. The molecule has 0 aliphatic heterocycles. The Balaban J connectivity index is 2.37. The van der Waals surface area contributed by atoms with Gasteiger partial charge in [0.15, 0.2) is 0 Å². The molecule has 0 aliphatic rings. The predicted molar refractivity (Wildman–Crippen MR) is 79.7 cm³/mol. The zero-order chi connectivity index (χ0) is 14.1. The number of ether oxygens (including phenoxy) is 3. The van der Waals surface area contributed by atoms with Crippen LogP contribution in [0.1, 0.15) is 12.0 Å². The minimum absolute atomic E-state index is 0.0750. The third-order valence-corrected chi connectivity index (χ3v) is 3.57. The Morgan fingerprint density at radius 2 is 2.00 bits per heavy atom. The number of rotatable bonds is 9. The fourth-order valence-electron chi connectivity index (χ4n) is 1.70. The third kappa shape index (κ3) is 6.38. The molecule has 0 bridgehead atoms. The van der Waals surface area contributed by atoms with Crippen LogP contribution < -0.4 is 10.5 Å². The lowest BCUT2D eigenvalue weighted by Gasteiger charge is -2.14. The van der Waals surface area contributed by atoms with Crippen molar-refractivity contribution in [2.24, 2.45) is 5.73 Å². The van der Waals surface area contributed by atoms with Crippen LogP contribution in [0, 0.1) is 0 Å². The minimum Gasteiger partial charge on any atom is -0.497 e. The van der Waals surface area contributed by atoms with Gasteiger partial charge >= 0.3 is 0 Å². The number of hydrogen-bond donors (Lipinski definition) is 1. The van der Waals surface area contributed by atoms with Gasteiger partial charge in [-0.05, 0) is 36.6 Å². The van der Waals surface area contributed by atoms with Crippen LogP contribution in [0.3, 0.4) is 0 Å². The van der Waals surface area contributed by atoms with Gasteiger partial charge in [-0.2, -0.15) is 0 Å². The van der Waals surface area contributed by atoms with Crippen molar-refractivity contribution in [2.45, 2.75) is 18.9 Å². The highest BCUT2D eigenvalue weighted by Crippen LogP contribution is 2.23. The Morgan fingerprint density at radius 1 is 1.21 bits per heavy atom. The van der Waals surface area contributed by atoms with Gasteiger partial charge in [-0.25, -0.2) is 0 Å². The quantitative estimate of drug-likeness (QED) is 0.706. The molecule has 0 radical (unpaired) electrons. The van der Waals surface area contributed by atoms with E-state index in [2.05, 4.69) is 15.9 Å². The van der Waals surface area contributed by atoms with Crippen molar-refractivity contribution in [1.82, 2.24) is 0 Å². The summed E-state index contributed by atoms with van der Waals surface area (Å²) in [7, 11) is 3.33. The number of methoxy groups -OCH3 is 2. The molecule has 0 spiro atoms. The van der Waals surface area contributed by atoms with Crippen molar-refractivity contribution in [3.05, 3.63) is 28.2 Å². The fraction of sp³-hybridized carbons (Fsp3) is 0.571. The highest BCUT2D eigenvalue weighted by molar-refractivity contribution is 9.10. The molecule has 0 saturated heterocycles. The molecule has 0 saturated carbocycles. The van der Waals surface area contributed by atoms with Crippen molar-refractivity contribution in [3.8, 4) is 5.75 Å². The van der Waals surface area contributed by atoms with E-state index < -0.39 is 0 Å². The molecule has 5 heteroatoms. The number of benzene rings is 1. The largest absolute Gasteiger partial charge is 0.497 e. The molecule has 1 aromatic rings. The molecule has 1 rings (SSSR count). The molecule has 108 valence electrons. The van der Waals surface area contributed by atoms with Crippen LogP contribution in [0.25, 0.3) is 0 Å². The number of halogens is 1. The van der Waals surface area contributed by atoms with E-state index in [-0.39, 0.29) is 6.04 Å². The van der Waals surface area contributed by atoms with Gasteiger partial charge in [-0.1, -0.05) is 15.9 Å². The Kier molecular flexibility index (Phi) is 8.05. The summed E-state index contributed by atoms with van der Waals surface area (Å²) in [4.78, 5) is 0. The molecular weight excluding hydrogens is 310 g/mol. The summed E-state index contributed by atoms with van der Waals surface area (Å²) in [5.74, 6) is 0.849. The smallest absolute Gasteiger partial charge is 0.119 e. The van der Waals surface area contributed by atoms with E-state index in [1.807, 2.05) is 18.2 Å². The van der Waals surface area contributed by atoms with E-state index >= 15 is 0 Å². The van der Waals surface area contributed by atoms with Gasteiger partial charge in [-0.3, -0.25) is 0 Å². The van der Waals surface area contributed by atoms with Crippen molar-refractivity contribution in [1.29, 1.82) is 0 Å². The SMILES string of the molecule is COCCOCCC(N)Cc1cc(OC)ccc1Br. The molecule has 1 atom stereocenters. The van der Waals surface area contributed by atoms with Crippen LogP contribution in [0.5, 0.6) is 5.75 Å². The average molecular weight is 332 g/mol. The zero-order valence-electron chi connectivity index (χ0n) is 11.5. The Labute approximate surface area is 123 Å². The van der Waals surface area contributed by atoms with E-state index in [1.54, 1.807) is 14.2 Å². The monoisotopic (exact) mass is 331 g/mol. The second kappa shape index (κ2) is 9.31. The van der Waals surface area contributed by atoms with Crippen molar-refractivity contribution in [2.75, 3.05) is 34.0 Å². The van der Waals surface area contributed by atoms with Crippen LogP contribution >= 0.6 is 15.9 Å². The molecule has 4 nitrogen and oxygen atoms in total. The van der Waals surface area contributed by atoms with Gasteiger partial charge in [0.25, 0.3) is 0 Å². The van der Waals surface area contributed by atoms with Crippen LogP contribution in [0.4, 0.5) is 0 Å². The molecule has 1 aromatic carbocycles. The average Bonchev–Trinajstić information content (AvgIpc) is 2.41. The van der Waals surface area contributed by atoms with E-state index in [9.17, 15) is 0 Å². The normalized spacial score (nSPS) is 12.4. The Hall–Kier alpha value is -0.620. The number of hydrogen-bond acceptors (Lipinski definition) is 4. The predicted octanol–water partition coefficient (Wildman–Crippen LogP) is 2.38. The molecule has 19 heavy (non-hydrogen) atoms. The van der Waals surface area contributed by atoms with E-state index in [1.165, 1.54) is 0 Å². The molecule has 0 aromatic heterocycles. The van der Waals surface area contributed by atoms with E-state index in [4.69, 9.17) is 19.9 Å².